The second kappa shape index (κ2) is 41.5. The van der Waals surface area contributed by atoms with Gasteiger partial charge < -0.3 is 18.9 Å². The average molecular weight is 860 g/mol. The normalized spacial score (nSPS) is 11.9. The lowest BCUT2D eigenvalue weighted by atomic mass is 10.0. The second-order valence-electron chi connectivity index (χ2n) is 16.1. The molecule has 0 saturated heterocycles. The van der Waals surface area contributed by atoms with E-state index in [4.69, 9.17) is 18.9 Å². The van der Waals surface area contributed by atoms with E-state index in [1.54, 1.807) is 0 Å². The van der Waals surface area contributed by atoms with Gasteiger partial charge in [0.2, 0.25) is 0 Å². The minimum atomic E-state index is -0.632. The van der Waals surface area contributed by atoms with Crippen LogP contribution in [0.4, 0.5) is 0 Å². The van der Waals surface area contributed by atoms with Gasteiger partial charge in [-0.3, -0.25) is 19.2 Å². The van der Waals surface area contributed by atoms with Gasteiger partial charge in [-0.25, -0.2) is 0 Å². The molecule has 330 valence electrons. The van der Waals surface area contributed by atoms with Crippen LogP contribution in [0.15, 0.2) is 0 Å². The maximum Gasteiger partial charge on any atom is 0.306 e. The van der Waals surface area contributed by atoms with Gasteiger partial charge in [-0.1, -0.05) is 172 Å². The number of hydrogen-bond donors (Lipinski definition) is 0. The van der Waals surface area contributed by atoms with Crippen molar-refractivity contribution in [2.24, 2.45) is 0 Å². The summed E-state index contributed by atoms with van der Waals surface area (Å²) in [5.41, 5.74) is 0. The molecule has 0 saturated carbocycles. The van der Waals surface area contributed by atoms with Gasteiger partial charge in [0.15, 0.2) is 0 Å². The van der Waals surface area contributed by atoms with E-state index in [2.05, 4.69) is 43.6 Å². The van der Waals surface area contributed by atoms with E-state index in [1.165, 1.54) is 128 Å². The van der Waals surface area contributed by atoms with E-state index in [0.717, 1.165) is 51.4 Å². The first kappa shape index (κ1) is 54.4. The molecule has 0 aliphatic carbocycles. The van der Waals surface area contributed by atoms with Crippen LogP contribution < -0.4 is 0 Å². The molecule has 0 N–H and O–H groups in total. The highest BCUT2D eigenvalue weighted by Crippen LogP contribution is 2.20. The molecule has 0 amide bonds. The molecule has 0 heterocycles. The van der Waals surface area contributed by atoms with Crippen LogP contribution in [-0.4, -0.2) is 54.1 Å². The van der Waals surface area contributed by atoms with Crippen molar-refractivity contribution in [3.05, 3.63) is 0 Å². The van der Waals surface area contributed by atoms with Crippen LogP contribution in [-0.2, 0) is 38.1 Å². The highest BCUT2D eigenvalue weighted by Gasteiger charge is 2.19. The number of alkyl halides is 1. The topological polar surface area (TPSA) is 105 Å². The molecule has 0 spiro atoms. The molecular formula is C47H87BrO8. The van der Waals surface area contributed by atoms with Crippen molar-refractivity contribution >= 4 is 39.8 Å². The van der Waals surface area contributed by atoms with Gasteiger partial charge in [0, 0.05) is 31.0 Å². The summed E-state index contributed by atoms with van der Waals surface area (Å²) in [6, 6.07) is 0. The predicted octanol–water partition coefficient (Wildman–Crippen LogP) is 14.0. The minimum absolute atomic E-state index is 0.0476. The van der Waals surface area contributed by atoms with E-state index in [-0.39, 0.29) is 56.4 Å². The van der Waals surface area contributed by atoms with Gasteiger partial charge in [-0.2, -0.15) is 0 Å². The van der Waals surface area contributed by atoms with Crippen LogP contribution in [0.3, 0.4) is 0 Å². The maximum absolute atomic E-state index is 12.7. The molecule has 56 heavy (non-hydrogen) atoms. The third kappa shape index (κ3) is 36.7. The predicted molar refractivity (Wildman–Crippen MR) is 234 cm³/mol. The maximum atomic E-state index is 12.7. The van der Waals surface area contributed by atoms with Gasteiger partial charge in [-0.15, -0.1) is 0 Å². The molecule has 0 radical (unpaired) electrons. The van der Waals surface area contributed by atoms with Gasteiger partial charge >= 0.3 is 23.9 Å². The van der Waals surface area contributed by atoms with E-state index in [0.29, 0.717) is 18.2 Å². The molecule has 0 aromatic carbocycles. The van der Waals surface area contributed by atoms with E-state index >= 15 is 0 Å². The third-order valence-electron chi connectivity index (χ3n) is 10.5. The lowest BCUT2D eigenvalue weighted by molar-refractivity contribution is -0.158. The fourth-order valence-electron chi connectivity index (χ4n) is 6.99. The van der Waals surface area contributed by atoms with E-state index in [1.807, 2.05) is 0 Å². The smallest absolute Gasteiger partial charge is 0.306 e. The molecule has 0 aromatic heterocycles. The van der Waals surface area contributed by atoms with Crippen molar-refractivity contribution in [1.29, 1.82) is 0 Å². The van der Waals surface area contributed by atoms with Crippen molar-refractivity contribution in [3.8, 4) is 0 Å². The fourth-order valence-corrected chi connectivity index (χ4v) is 7.31. The van der Waals surface area contributed by atoms with Crippen molar-refractivity contribution in [2.45, 2.75) is 264 Å². The summed E-state index contributed by atoms with van der Waals surface area (Å²) in [5, 5.41) is 0.317. The Hall–Kier alpha value is -1.64. The molecule has 0 aliphatic rings. The molecule has 1 unspecified atom stereocenters. The number of esters is 4. The summed E-state index contributed by atoms with van der Waals surface area (Å²) in [6.45, 7) is 8.82. The van der Waals surface area contributed by atoms with Crippen LogP contribution in [0.2, 0.25) is 0 Å². The largest absolute Gasteiger partial charge is 0.462 e. The Kier molecular flexibility index (Phi) is 40.3. The van der Waals surface area contributed by atoms with Crippen molar-refractivity contribution in [2.75, 3.05) is 11.9 Å². The van der Waals surface area contributed by atoms with Gasteiger partial charge in [-0.05, 0) is 64.2 Å². The van der Waals surface area contributed by atoms with E-state index < -0.39 is 18.0 Å². The average Bonchev–Trinajstić information content (AvgIpc) is 3.18. The van der Waals surface area contributed by atoms with Gasteiger partial charge in [0.05, 0.1) is 0 Å². The standard InChI is InChI=1S/C47H87BrO8/c1-5-9-13-17-21-25-31-41(32-26-22-18-14-10-6-2)54-45(50)36-29-35-44(49)53-40-43(39-48)56-47(52)38-30-37-46(51)55-42(33-27-23-19-15-11-7-3)34-28-24-20-16-12-8-4/h41-43H,5-40H2,1-4H3. The number of unbranched alkanes of at least 4 members (excludes halogenated alkanes) is 20. The Morgan fingerprint density at radius 3 is 0.929 bits per heavy atom. The number of rotatable bonds is 42. The first-order valence-corrected chi connectivity index (χ1v) is 24.7. The van der Waals surface area contributed by atoms with Crippen LogP contribution in [0.25, 0.3) is 0 Å². The van der Waals surface area contributed by atoms with Crippen molar-refractivity contribution in [1.82, 2.24) is 0 Å². The Morgan fingerprint density at radius 1 is 0.357 bits per heavy atom. The number of ether oxygens (including phenoxy) is 4. The summed E-state index contributed by atoms with van der Waals surface area (Å²) in [5.74, 6) is -1.37. The zero-order valence-corrected chi connectivity index (χ0v) is 38.4. The Balaban J connectivity index is 4.50. The highest BCUT2D eigenvalue weighted by atomic mass is 79.9. The molecule has 9 heteroatoms. The van der Waals surface area contributed by atoms with E-state index in [9.17, 15) is 19.2 Å². The molecular weight excluding hydrogens is 772 g/mol. The van der Waals surface area contributed by atoms with Gasteiger partial charge in [0.25, 0.3) is 0 Å². The van der Waals surface area contributed by atoms with Crippen LogP contribution in [0.5, 0.6) is 0 Å². The summed E-state index contributed by atoms with van der Waals surface area (Å²) in [4.78, 5) is 50.4. The summed E-state index contributed by atoms with van der Waals surface area (Å²) in [7, 11) is 0. The van der Waals surface area contributed by atoms with Crippen LogP contribution in [0, 0.1) is 0 Å². The van der Waals surface area contributed by atoms with Crippen molar-refractivity contribution < 1.29 is 38.1 Å². The minimum Gasteiger partial charge on any atom is -0.462 e. The molecule has 0 aliphatic heterocycles. The molecule has 0 rings (SSSR count). The number of carbonyl (C=O) groups is 4. The lowest BCUT2D eigenvalue weighted by Crippen LogP contribution is -2.26. The first-order valence-electron chi connectivity index (χ1n) is 23.6. The summed E-state index contributed by atoms with van der Waals surface area (Å²) >= 11 is 3.35. The molecule has 1 atom stereocenters. The Morgan fingerprint density at radius 2 is 0.625 bits per heavy atom. The Labute approximate surface area is 352 Å². The molecule has 0 aromatic rings. The third-order valence-corrected chi connectivity index (χ3v) is 11.3. The second-order valence-corrected chi connectivity index (χ2v) is 16.8. The molecule has 8 nitrogen and oxygen atoms in total. The van der Waals surface area contributed by atoms with Crippen LogP contribution >= 0.6 is 15.9 Å². The van der Waals surface area contributed by atoms with Crippen molar-refractivity contribution in [3.63, 3.8) is 0 Å². The Bertz CT molecular complexity index is 896. The quantitative estimate of drug-likeness (QED) is 0.0259. The lowest BCUT2D eigenvalue weighted by Gasteiger charge is -2.19. The van der Waals surface area contributed by atoms with Crippen LogP contribution in [0.1, 0.15) is 246 Å². The van der Waals surface area contributed by atoms with Gasteiger partial charge in [0.1, 0.15) is 24.9 Å². The number of carbonyl (C=O) groups excluding carboxylic acids is 4. The monoisotopic (exact) mass is 859 g/mol. The number of hydrogen-bond acceptors (Lipinski definition) is 8. The highest BCUT2D eigenvalue weighted by molar-refractivity contribution is 9.09. The zero-order chi connectivity index (χ0) is 41.3. The number of halogens is 1. The zero-order valence-electron chi connectivity index (χ0n) is 36.8. The molecule has 0 bridgehead atoms. The fraction of sp³-hybridized carbons (Fsp3) is 0.915. The SMILES string of the molecule is CCCCCCCCC(CCCCCCCC)OC(=O)CCCC(=O)OCC(CBr)OC(=O)CCCC(=O)OC(CCCCCCCC)CCCCCCCC. The molecule has 0 fully saturated rings. The first-order chi connectivity index (χ1) is 27.3. The summed E-state index contributed by atoms with van der Waals surface area (Å²) in [6.07, 6.45) is 33.2. The summed E-state index contributed by atoms with van der Waals surface area (Å²) < 4.78 is 22.7.